The van der Waals surface area contributed by atoms with Crippen LogP contribution in [0.1, 0.15) is 17.0 Å². The summed E-state index contributed by atoms with van der Waals surface area (Å²) < 4.78 is 7.79. The minimum Gasteiger partial charge on any atom is -0.486 e. The lowest BCUT2D eigenvalue weighted by atomic mass is 10.2. The average Bonchev–Trinajstić information content (AvgIpc) is 2.92. The molecule has 0 bridgehead atoms. The van der Waals surface area contributed by atoms with Crippen molar-refractivity contribution in [2.24, 2.45) is 7.05 Å². The summed E-state index contributed by atoms with van der Waals surface area (Å²) in [6.45, 7) is 2.46. The maximum Gasteiger partial charge on any atom is 0.191 e. The SMILES string of the molecule is Cc1cccc(OCc2nnc(SCc3ccccc3)n2C)c1. The number of ether oxygens (including phenoxy) is 1. The Morgan fingerprint density at radius 2 is 1.87 bits per heavy atom. The van der Waals surface area contributed by atoms with Crippen LogP contribution in [-0.4, -0.2) is 14.8 Å². The second kappa shape index (κ2) is 7.33. The molecule has 0 aliphatic rings. The lowest BCUT2D eigenvalue weighted by Gasteiger charge is -2.07. The van der Waals surface area contributed by atoms with Gasteiger partial charge in [-0.15, -0.1) is 10.2 Å². The molecule has 118 valence electrons. The largest absolute Gasteiger partial charge is 0.486 e. The van der Waals surface area contributed by atoms with Crippen molar-refractivity contribution in [3.8, 4) is 5.75 Å². The molecule has 0 atom stereocenters. The normalized spacial score (nSPS) is 10.7. The zero-order valence-electron chi connectivity index (χ0n) is 13.3. The van der Waals surface area contributed by atoms with E-state index in [-0.39, 0.29) is 0 Å². The van der Waals surface area contributed by atoms with Gasteiger partial charge in [0.05, 0.1) is 0 Å². The van der Waals surface area contributed by atoms with Crippen LogP contribution < -0.4 is 4.74 Å². The smallest absolute Gasteiger partial charge is 0.191 e. The lowest BCUT2D eigenvalue weighted by Crippen LogP contribution is -2.04. The molecular formula is C18H19N3OS. The highest BCUT2D eigenvalue weighted by Gasteiger charge is 2.10. The third-order valence-corrected chi connectivity index (χ3v) is 4.58. The van der Waals surface area contributed by atoms with Crippen LogP contribution in [0.2, 0.25) is 0 Å². The van der Waals surface area contributed by atoms with E-state index in [1.54, 1.807) is 11.8 Å². The van der Waals surface area contributed by atoms with Crippen LogP contribution in [0.3, 0.4) is 0 Å². The first kappa shape index (κ1) is 15.6. The first-order chi connectivity index (χ1) is 11.2. The highest BCUT2D eigenvalue weighted by atomic mass is 32.2. The molecule has 0 N–H and O–H groups in total. The number of rotatable bonds is 6. The zero-order chi connectivity index (χ0) is 16.1. The topological polar surface area (TPSA) is 39.9 Å². The molecule has 0 saturated carbocycles. The minimum absolute atomic E-state index is 0.416. The number of thioether (sulfide) groups is 1. The summed E-state index contributed by atoms with van der Waals surface area (Å²) in [7, 11) is 1.97. The predicted molar refractivity (Wildman–Crippen MR) is 92.5 cm³/mol. The fourth-order valence-electron chi connectivity index (χ4n) is 2.17. The quantitative estimate of drug-likeness (QED) is 0.642. The molecule has 2 aromatic carbocycles. The second-order valence-electron chi connectivity index (χ2n) is 5.34. The van der Waals surface area contributed by atoms with Crippen molar-refractivity contribution in [2.45, 2.75) is 24.4 Å². The van der Waals surface area contributed by atoms with Gasteiger partial charge in [0.2, 0.25) is 0 Å². The Morgan fingerprint density at radius 1 is 1.04 bits per heavy atom. The van der Waals surface area contributed by atoms with Crippen molar-refractivity contribution in [3.63, 3.8) is 0 Å². The van der Waals surface area contributed by atoms with Gasteiger partial charge in [-0.2, -0.15) is 0 Å². The summed E-state index contributed by atoms with van der Waals surface area (Å²) >= 11 is 1.68. The van der Waals surface area contributed by atoms with Crippen molar-refractivity contribution < 1.29 is 4.74 Å². The van der Waals surface area contributed by atoms with Crippen LogP contribution in [-0.2, 0) is 19.4 Å². The first-order valence-electron chi connectivity index (χ1n) is 7.47. The maximum atomic E-state index is 5.80. The standard InChI is InChI=1S/C18H19N3OS/c1-14-7-6-10-16(11-14)22-12-17-19-20-18(21(17)2)23-13-15-8-4-3-5-9-15/h3-11H,12-13H2,1-2H3. The highest BCUT2D eigenvalue weighted by molar-refractivity contribution is 7.98. The fraction of sp³-hybridized carbons (Fsp3) is 0.222. The van der Waals surface area contributed by atoms with E-state index in [0.717, 1.165) is 22.5 Å². The zero-order valence-corrected chi connectivity index (χ0v) is 14.1. The predicted octanol–water partition coefficient (Wildman–Crippen LogP) is 3.99. The van der Waals surface area contributed by atoms with Gasteiger partial charge in [0.25, 0.3) is 0 Å². The maximum absolute atomic E-state index is 5.80. The summed E-state index contributed by atoms with van der Waals surface area (Å²) in [5.41, 5.74) is 2.46. The molecule has 1 heterocycles. The number of aryl methyl sites for hydroxylation is 1. The van der Waals surface area contributed by atoms with Gasteiger partial charge in [-0.05, 0) is 30.2 Å². The molecule has 3 rings (SSSR count). The third kappa shape index (κ3) is 4.13. The van der Waals surface area contributed by atoms with E-state index in [1.165, 1.54) is 11.1 Å². The number of hydrogen-bond acceptors (Lipinski definition) is 4. The summed E-state index contributed by atoms with van der Waals surface area (Å²) in [6.07, 6.45) is 0. The number of nitrogens with zero attached hydrogens (tertiary/aromatic N) is 3. The number of aromatic nitrogens is 3. The van der Waals surface area contributed by atoms with Gasteiger partial charge < -0.3 is 9.30 Å². The Kier molecular flexibility index (Phi) is 4.98. The molecule has 5 heteroatoms. The van der Waals surface area contributed by atoms with Crippen molar-refractivity contribution >= 4 is 11.8 Å². The Hall–Kier alpha value is -2.27. The number of hydrogen-bond donors (Lipinski definition) is 0. The van der Waals surface area contributed by atoms with Crippen LogP contribution in [0.25, 0.3) is 0 Å². The minimum atomic E-state index is 0.416. The third-order valence-electron chi connectivity index (χ3n) is 3.49. The highest BCUT2D eigenvalue weighted by Crippen LogP contribution is 2.21. The van der Waals surface area contributed by atoms with Crippen molar-refractivity contribution in [1.29, 1.82) is 0 Å². The van der Waals surface area contributed by atoms with Gasteiger partial charge in [0.1, 0.15) is 12.4 Å². The van der Waals surface area contributed by atoms with Crippen LogP contribution in [0.15, 0.2) is 59.8 Å². The molecule has 1 aromatic heterocycles. The van der Waals surface area contributed by atoms with Gasteiger partial charge in [-0.25, -0.2) is 0 Å². The molecule has 0 saturated heterocycles. The van der Waals surface area contributed by atoms with Gasteiger partial charge in [-0.1, -0.05) is 54.2 Å². The number of benzene rings is 2. The Bertz CT molecular complexity index is 771. The van der Waals surface area contributed by atoms with Crippen LogP contribution >= 0.6 is 11.8 Å². The van der Waals surface area contributed by atoms with Gasteiger partial charge in [0.15, 0.2) is 11.0 Å². The van der Waals surface area contributed by atoms with E-state index in [2.05, 4.69) is 22.3 Å². The average molecular weight is 325 g/mol. The van der Waals surface area contributed by atoms with Gasteiger partial charge in [0, 0.05) is 12.8 Å². The van der Waals surface area contributed by atoms with Crippen LogP contribution in [0.4, 0.5) is 0 Å². The summed E-state index contributed by atoms with van der Waals surface area (Å²) in [5, 5.41) is 9.39. The van der Waals surface area contributed by atoms with Gasteiger partial charge in [-0.3, -0.25) is 0 Å². The molecule has 0 aliphatic carbocycles. The lowest BCUT2D eigenvalue weighted by molar-refractivity contribution is 0.290. The van der Waals surface area contributed by atoms with E-state index in [4.69, 9.17) is 4.74 Å². The van der Waals surface area contributed by atoms with E-state index in [1.807, 2.05) is 61.0 Å². The molecule has 4 nitrogen and oxygen atoms in total. The van der Waals surface area contributed by atoms with E-state index in [9.17, 15) is 0 Å². The molecule has 0 radical (unpaired) electrons. The molecule has 0 amide bonds. The molecule has 23 heavy (non-hydrogen) atoms. The van der Waals surface area contributed by atoms with E-state index < -0.39 is 0 Å². The Labute approximate surface area is 140 Å². The molecular weight excluding hydrogens is 306 g/mol. The van der Waals surface area contributed by atoms with E-state index >= 15 is 0 Å². The van der Waals surface area contributed by atoms with Crippen LogP contribution in [0, 0.1) is 6.92 Å². The van der Waals surface area contributed by atoms with Crippen molar-refractivity contribution in [2.75, 3.05) is 0 Å². The van der Waals surface area contributed by atoms with E-state index in [0.29, 0.717) is 6.61 Å². The van der Waals surface area contributed by atoms with Gasteiger partial charge >= 0.3 is 0 Å². The van der Waals surface area contributed by atoms with Crippen molar-refractivity contribution in [1.82, 2.24) is 14.8 Å². The monoisotopic (exact) mass is 325 g/mol. The molecule has 0 unspecified atom stereocenters. The summed E-state index contributed by atoms with van der Waals surface area (Å²) in [5.74, 6) is 2.56. The Balaban J connectivity index is 1.60. The molecule has 0 spiro atoms. The molecule has 0 aliphatic heterocycles. The molecule has 0 fully saturated rings. The summed E-state index contributed by atoms with van der Waals surface area (Å²) in [6, 6.07) is 18.4. The molecule has 3 aromatic rings. The fourth-order valence-corrected chi connectivity index (χ4v) is 3.06. The van der Waals surface area contributed by atoms with Crippen molar-refractivity contribution in [3.05, 3.63) is 71.5 Å². The van der Waals surface area contributed by atoms with Crippen LogP contribution in [0.5, 0.6) is 5.75 Å². The summed E-state index contributed by atoms with van der Waals surface area (Å²) in [4.78, 5) is 0. The first-order valence-corrected chi connectivity index (χ1v) is 8.45. The second-order valence-corrected chi connectivity index (χ2v) is 6.28. The Morgan fingerprint density at radius 3 is 2.65 bits per heavy atom.